The minimum Gasteiger partial charge on any atom is -0.466 e. The Bertz CT molecular complexity index is 322. The van der Waals surface area contributed by atoms with E-state index in [1.54, 1.807) is 25.3 Å². The predicted octanol–water partition coefficient (Wildman–Crippen LogP) is 2.24. The maximum Gasteiger partial charge on any atom is 0.313 e. The van der Waals surface area contributed by atoms with Gasteiger partial charge in [0.25, 0.3) is 0 Å². The van der Waals surface area contributed by atoms with Crippen LogP contribution in [0.4, 0.5) is 0 Å². The predicted molar refractivity (Wildman–Crippen MR) is 61.2 cm³/mol. The number of ketones is 1. The van der Waals surface area contributed by atoms with E-state index in [9.17, 15) is 9.59 Å². The Morgan fingerprint density at radius 3 is 2.56 bits per heavy atom. The summed E-state index contributed by atoms with van der Waals surface area (Å²) in [6.45, 7) is 5.99. The van der Waals surface area contributed by atoms with Gasteiger partial charge < -0.3 is 4.74 Å². The molecule has 1 aromatic rings. The van der Waals surface area contributed by atoms with Crippen molar-refractivity contribution in [1.29, 1.82) is 0 Å². The largest absolute Gasteiger partial charge is 0.466 e. The third kappa shape index (κ3) is 5.24. The van der Waals surface area contributed by atoms with Crippen LogP contribution in [0.1, 0.15) is 37.6 Å². The van der Waals surface area contributed by atoms with E-state index in [0.29, 0.717) is 12.2 Å². The van der Waals surface area contributed by atoms with Crippen LogP contribution in [0, 0.1) is 0 Å². The third-order valence-corrected chi connectivity index (χ3v) is 1.59. The molecule has 0 aliphatic carbocycles. The lowest BCUT2D eigenvalue weighted by atomic mass is 10.1. The quantitative estimate of drug-likeness (QED) is 0.446. The second-order valence-electron chi connectivity index (χ2n) is 2.65. The van der Waals surface area contributed by atoms with E-state index in [4.69, 9.17) is 0 Å². The molecule has 0 radical (unpaired) electrons. The van der Waals surface area contributed by atoms with Crippen LogP contribution in [0.5, 0.6) is 0 Å². The zero-order valence-corrected chi connectivity index (χ0v) is 9.90. The van der Waals surface area contributed by atoms with E-state index < -0.39 is 5.97 Å². The molecule has 0 unspecified atom stereocenters. The lowest BCUT2D eigenvalue weighted by Crippen LogP contribution is -2.11. The summed E-state index contributed by atoms with van der Waals surface area (Å²) in [4.78, 5) is 26.1. The number of esters is 1. The number of nitrogens with zero attached hydrogens (tertiary/aromatic N) is 1. The molecule has 1 heterocycles. The molecule has 1 rings (SSSR count). The molecule has 88 valence electrons. The molecule has 1 aromatic heterocycles. The Hall–Kier alpha value is -1.71. The fourth-order valence-electron chi connectivity index (χ4n) is 0.973. The normalized spacial score (nSPS) is 8.69. The molecule has 4 heteroatoms. The van der Waals surface area contributed by atoms with E-state index in [1.807, 2.05) is 13.8 Å². The van der Waals surface area contributed by atoms with Gasteiger partial charge in [-0.15, -0.1) is 0 Å². The zero-order chi connectivity index (χ0) is 12.4. The van der Waals surface area contributed by atoms with Gasteiger partial charge in [0.05, 0.1) is 6.61 Å². The SMILES string of the molecule is CC.CCOC(=O)CC(=O)c1cccnc1. The summed E-state index contributed by atoms with van der Waals surface area (Å²) in [6.07, 6.45) is 2.78. The second-order valence-corrected chi connectivity index (χ2v) is 2.65. The highest BCUT2D eigenvalue weighted by molar-refractivity contribution is 6.05. The number of Topliss-reactive ketones (excluding diaryl/α,β-unsaturated/α-hetero) is 1. The van der Waals surface area contributed by atoms with E-state index >= 15 is 0 Å². The molecule has 0 aliphatic rings. The lowest BCUT2D eigenvalue weighted by Gasteiger charge is -2.00. The summed E-state index contributed by atoms with van der Waals surface area (Å²) in [7, 11) is 0. The maximum atomic E-state index is 11.4. The van der Waals surface area contributed by atoms with Gasteiger partial charge >= 0.3 is 5.97 Å². The number of rotatable bonds is 4. The van der Waals surface area contributed by atoms with Crippen molar-refractivity contribution >= 4 is 11.8 Å². The van der Waals surface area contributed by atoms with Crippen LogP contribution in [-0.4, -0.2) is 23.3 Å². The number of carbonyl (C=O) groups excluding carboxylic acids is 2. The fourth-order valence-corrected chi connectivity index (χ4v) is 0.973. The summed E-state index contributed by atoms with van der Waals surface area (Å²) in [6, 6.07) is 3.27. The molecular formula is C12H17NO3. The van der Waals surface area contributed by atoms with Gasteiger partial charge in [0, 0.05) is 18.0 Å². The summed E-state index contributed by atoms with van der Waals surface area (Å²) in [5, 5.41) is 0. The number of hydrogen-bond acceptors (Lipinski definition) is 4. The highest BCUT2D eigenvalue weighted by Gasteiger charge is 2.11. The summed E-state index contributed by atoms with van der Waals surface area (Å²) in [5.74, 6) is -0.766. The summed E-state index contributed by atoms with van der Waals surface area (Å²) in [5.41, 5.74) is 0.431. The van der Waals surface area contributed by atoms with Gasteiger partial charge in [0.1, 0.15) is 6.42 Å². The first kappa shape index (κ1) is 14.3. The monoisotopic (exact) mass is 223 g/mol. The summed E-state index contributed by atoms with van der Waals surface area (Å²) < 4.78 is 4.65. The first-order valence-corrected chi connectivity index (χ1v) is 5.33. The maximum absolute atomic E-state index is 11.4. The van der Waals surface area contributed by atoms with E-state index in [0.717, 1.165) is 0 Å². The van der Waals surface area contributed by atoms with Crippen LogP contribution in [0.2, 0.25) is 0 Å². The smallest absolute Gasteiger partial charge is 0.313 e. The van der Waals surface area contributed by atoms with Gasteiger partial charge in [0.2, 0.25) is 0 Å². The Morgan fingerprint density at radius 1 is 1.38 bits per heavy atom. The summed E-state index contributed by atoms with van der Waals surface area (Å²) >= 11 is 0. The van der Waals surface area contributed by atoms with Crippen molar-refractivity contribution in [2.75, 3.05) is 6.61 Å². The first-order valence-electron chi connectivity index (χ1n) is 5.33. The minimum absolute atomic E-state index is 0.223. The van der Waals surface area contributed by atoms with Gasteiger partial charge in [-0.1, -0.05) is 13.8 Å². The molecule has 0 aliphatic heterocycles. The van der Waals surface area contributed by atoms with Gasteiger partial charge in [-0.05, 0) is 19.1 Å². The highest BCUT2D eigenvalue weighted by atomic mass is 16.5. The van der Waals surface area contributed by atoms with Crippen LogP contribution in [0.25, 0.3) is 0 Å². The Morgan fingerprint density at radius 2 is 2.06 bits per heavy atom. The van der Waals surface area contributed by atoms with Crippen molar-refractivity contribution < 1.29 is 14.3 Å². The number of pyridine rings is 1. The van der Waals surface area contributed by atoms with Crippen LogP contribution in [0.15, 0.2) is 24.5 Å². The van der Waals surface area contributed by atoms with E-state index in [1.165, 1.54) is 6.20 Å². The highest BCUT2D eigenvalue weighted by Crippen LogP contribution is 2.01. The van der Waals surface area contributed by atoms with Crippen molar-refractivity contribution in [2.45, 2.75) is 27.2 Å². The van der Waals surface area contributed by atoms with Gasteiger partial charge in [-0.2, -0.15) is 0 Å². The van der Waals surface area contributed by atoms with Gasteiger partial charge in [-0.25, -0.2) is 0 Å². The Labute approximate surface area is 95.6 Å². The Balaban J connectivity index is 0.00000106. The first-order chi connectivity index (χ1) is 7.74. The molecule has 0 saturated heterocycles. The Kier molecular flexibility index (Phi) is 7.67. The second kappa shape index (κ2) is 8.59. The molecule has 0 saturated carbocycles. The molecule has 0 atom stereocenters. The standard InChI is InChI=1S/C10H11NO3.C2H6/c1-2-14-10(13)6-9(12)8-4-3-5-11-7-8;1-2/h3-5,7H,2,6H2,1H3;1-2H3. The van der Waals surface area contributed by atoms with E-state index in [-0.39, 0.29) is 12.2 Å². The van der Waals surface area contributed by atoms with Crippen molar-refractivity contribution in [3.05, 3.63) is 30.1 Å². The molecule has 4 nitrogen and oxygen atoms in total. The van der Waals surface area contributed by atoms with Crippen LogP contribution in [-0.2, 0) is 9.53 Å². The van der Waals surface area contributed by atoms with Crippen molar-refractivity contribution in [2.24, 2.45) is 0 Å². The lowest BCUT2D eigenvalue weighted by molar-refractivity contribution is -0.141. The zero-order valence-electron chi connectivity index (χ0n) is 9.90. The fraction of sp³-hybridized carbons (Fsp3) is 0.417. The molecule has 0 aromatic carbocycles. The average molecular weight is 223 g/mol. The van der Waals surface area contributed by atoms with Crippen molar-refractivity contribution in [1.82, 2.24) is 4.98 Å². The van der Waals surface area contributed by atoms with Crippen LogP contribution >= 0.6 is 0 Å². The molecule has 0 fully saturated rings. The van der Waals surface area contributed by atoms with Crippen LogP contribution in [0.3, 0.4) is 0 Å². The van der Waals surface area contributed by atoms with Gasteiger partial charge in [0.15, 0.2) is 5.78 Å². The molecule has 0 bridgehead atoms. The van der Waals surface area contributed by atoms with Crippen molar-refractivity contribution in [3.63, 3.8) is 0 Å². The number of aromatic nitrogens is 1. The van der Waals surface area contributed by atoms with Gasteiger partial charge in [-0.3, -0.25) is 14.6 Å². The molecule has 0 spiro atoms. The molecular weight excluding hydrogens is 206 g/mol. The number of carbonyl (C=O) groups is 2. The topological polar surface area (TPSA) is 56.3 Å². The molecule has 0 N–H and O–H groups in total. The van der Waals surface area contributed by atoms with Crippen molar-refractivity contribution in [3.8, 4) is 0 Å². The van der Waals surface area contributed by atoms with Crippen LogP contribution < -0.4 is 0 Å². The van der Waals surface area contributed by atoms with E-state index in [2.05, 4.69) is 9.72 Å². The molecule has 0 amide bonds. The average Bonchev–Trinajstić information content (AvgIpc) is 2.33. The molecule has 16 heavy (non-hydrogen) atoms. The number of hydrogen-bond donors (Lipinski definition) is 0. The minimum atomic E-state index is -0.499. The third-order valence-electron chi connectivity index (χ3n) is 1.59. The number of ether oxygens (including phenoxy) is 1.